The van der Waals surface area contributed by atoms with Gasteiger partial charge in [0.05, 0.1) is 7.11 Å². The molecule has 0 bridgehead atoms. The van der Waals surface area contributed by atoms with Gasteiger partial charge in [0.25, 0.3) is 0 Å². The first-order chi connectivity index (χ1) is 13.8. The fourth-order valence-electron chi connectivity index (χ4n) is 3.26. The molecule has 0 unspecified atom stereocenters. The molecular weight excluding hydrogens is 352 g/mol. The van der Waals surface area contributed by atoms with E-state index in [1.165, 1.54) is 0 Å². The maximum absolute atomic E-state index is 10.9. The fraction of sp³-hybridized carbons (Fsp3) is 0.174. The first kappa shape index (κ1) is 18.1. The van der Waals surface area contributed by atoms with Crippen molar-refractivity contribution in [3.8, 4) is 11.5 Å². The number of rotatable bonds is 6. The van der Waals surface area contributed by atoms with Crippen LogP contribution in [0.3, 0.4) is 0 Å². The summed E-state index contributed by atoms with van der Waals surface area (Å²) in [6, 6.07) is 24.9. The number of para-hydroxylation sites is 1. The monoisotopic (exact) mass is 374 g/mol. The summed E-state index contributed by atoms with van der Waals surface area (Å²) < 4.78 is 11.2. The molecule has 0 fully saturated rings. The zero-order valence-electron chi connectivity index (χ0n) is 15.6. The molecule has 2 N–H and O–H groups in total. The van der Waals surface area contributed by atoms with Gasteiger partial charge in [-0.1, -0.05) is 54.6 Å². The number of hydrazone groups is 1. The Kier molecular flexibility index (Phi) is 5.26. The average molecular weight is 374 g/mol. The van der Waals surface area contributed by atoms with Crippen molar-refractivity contribution in [2.75, 3.05) is 7.11 Å². The Bertz CT molecular complexity index is 955. The molecule has 0 aliphatic carbocycles. The zero-order chi connectivity index (χ0) is 19.3. The molecular formula is C23H22N2O3. The molecule has 5 nitrogen and oxygen atoms in total. The lowest BCUT2D eigenvalue weighted by Gasteiger charge is -2.18. The molecule has 142 valence electrons. The SMILES string of the molecule is COc1ccc([C@@H]2NN=C(c3ccccc3OCc3ccccc3)[C@@H]2O)cc1. The number of benzene rings is 3. The molecule has 3 aromatic rings. The standard InChI is InChI=1S/C23H22N2O3/c1-27-18-13-11-17(12-14-18)21-23(26)22(25-24-21)19-9-5-6-10-20(19)28-15-16-7-3-2-4-8-16/h2-14,21,23-24,26H,15H2,1H3/t21-,23+/m0/s1. The van der Waals surface area contributed by atoms with Crippen molar-refractivity contribution in [2.24, 2.45) is 5.10 Å². The Morgan fingerprint density at radius 1 is 0.929 bits per heavy atom. The summed E-state index contributed by atoms with van der Waals surface area (Å²) in [6.07, 6.45) is -0.783. The van der Waals surface area contributed by atoms with Crippen molar-refractivity contribution >= 4 is 5.71 Å². The molecule has 0 aromatic heterocycles. The maximum atomic E-state index is 10.9. The van der Waals surface area contributed by atoms with E-state index in [4.69, 9.17) is 9.47 Å². The van der Waals surface area contributed by atoms with Crippen LogP contribution in [0, 0.1) is 0 Å². The van der Waals surface area contributed by atoms with Gasteiger partial charge >= 0.3 is 0 Å². The molecule has 28 heavy (non-hydrogen) atoms. The van der Waals surface area contributed by atoms with Gasteiger partial charge in [-0.15, -0.1) is 0 Å². The molecule has 1 heterocycles. The van der Waals surface area contributed by atoms with E-state index in [2.05, 4.69) is 10.5 Å². The van der Waals surface area contributed by atoms with Gasteiger partial charge in [0, 0.05) is 5.56 Å². The van der Waals surface area contributed by atoms with E-state index in [9.17, 15) is 5.11 Å². The molecule has 5 heteroatoms. The lowest BCUT2D eigenvalue weighted by atomic mass is 9.95. The summed E-state index contributed by atoms with van der Waals surface area (Å²) in [5, 5.41) is 15.3. The lowest BCUT2D eigenvalue weighted by molar-refractivity contribution is 0.206. The van der Waals surface area contributed by atoms with E-state index >= 15 is 0 Å². The highest BCUT2D eigenvalue weighted by Gasteiger charge is 2.33. The summed E-state index contributed by atoms with van der Waals surface area (Å²) in [4.78, 5) is 0. The van der Waals surface area contributed by atoms with Crippen LogP contribution in [-0.4, -0.2) is 24.0 Å². The van der Waals surface area contributed by atoms with Crippen LogP contribution in [0.15, 0.2) is 84.0 Å². The minimum atomic E-state index is -0.783. The van der Waals surface area contributed by atoms with Crippen molar-refractivity contribution in [3.05, 3.63) is 95.6 Å². The van der Waals surface area contributed by atoms with Crippen molar-refractivity contribution < 1.29 is 14.6 Å². The van der Waals surface area contributed by atoms with E-state index in [0.29, 0.717) is 18.1 Å². The minimum Gasteiger partial charge on any atom is -0.497 e. The maximum Gasteiger partial charge on any atom is 0.129 e. The first-order valence-corrected chi connectivity index (χ1v) is 9.17. The number of nitrogens with one attached hydrogen (secondary N) is 1. The fourth-order valence-corrected chi connectivity index (χ4v) is 3.26. The predicted molar refractivity (Wildman–Crippen MR) is 109 cm³/mol. The largest absolute Gasteiger partial charge is 0.497 e. The van der Waals surface area contributed by atoms with E-state index < -0.39 is 6.10 Å². The molecule has 1 aliphatic rings. The predicted octanol–water partition coefficient (Wildman–Crippen LogP) is 3.68. The number of aliphatic hydroxyl groups is 1. The van der Waals surface area contributed by atoms with Gasteiger partial charge < -0.3 is 14.6 Å². The highest BCUT2D eigenvalue weighted by Crippen LogP contribution is 2.30. The van der Waals surface area contributed by atoms with Crippen LogP contribution in [0.25, 0.3) is 0 Å². The van der Waals surface area contributed by atoms with Crippen molar-refractivity contribution in [3.63, 3.8) is 0 Å². The quantitative estimate of drug-likeness (QED) is 0.691. The molecule has 0 saturated carbocycles. The van der Waals surface area contributed by atoms with Crippen molar-refractivity contribution in [1.29, 1.82) is 0 Å². The third kappa shape index (κ3) is 3.70. The summed E-state index contributed by atoms with van der Waals surface area (Å²) >= 11 is 0. The smallest absolute Gasteiger partial charge is 0.129 e. The summed E-state index contributed by atoms with van der Waals surface area (Å²) in [5.74, 6) is 1.47. The van der Waals surface area contributed by atoms with E-state index in [0.717, 1.165) is 22.4 Å². The highest BCUT2D eigenvalue weighted by atomic mass is 16.5. The minimum absolute atomic E-state index is 0.317. The number of aliphatic hydroxyl groups excluding tert-OH is 1. The normalized spacial score (nSPS) is 18.3. The number of nitrogens with zero attached hydrogens (tertiary/aromatic N) is 1. The summed E-state index contributed by atoms with van der Waals surface area (Å²) in [5.41, 5.74) is 6.43. The molecule has 1 aliphatic heterocycles. The van der Waals surface area contributed by atoms with Gasteiger partial charge in [-0.2, -0.15) is 5.10 Å². The van der Waals surface area contributed by atoms with E-state index in [-0.39, 0.29) is 6.04 Å². The van der Waals surface area contributed by atoms with Gasteiger partial charge in [0.2, 0.25) is 0 Å². The summed E-state index contributed by atoms with van der Waals surface area (Å²) in [6.45, 7) is 0.455. The van der Waals surface area contributed by atoms with Gasteiger partial charge in [-0.05, 0) is 35.4 Å². The molecule has 2 atom stereocenters. The first-order valence-electron chi connectivity index (χ1n) is 9.17. The van der Waals surface area contributed by atoms with Crippen molar-refractivity contribution in [2.45, 2.75) is 18.8 Å². The van der Waals surface area contributed by atoms with Gasteiger partial charge in [-0.25, -0.2) is 0 Å². The Balaban J connectivity index is 1.52. The van der Waals surface area contributed by atoms with Crippen LogP contribution in [0.1, 0.15) is 22.7 Å². The van der Waals surface area contributed by atoms with Gasteiger partial charge in [0.1, 0.15) is 36.0 Å². The second-order valence-corrected chi connectivity index (χ2v) is 6.59. The third-order valence-corrected chi connectivity index (χ3v) is 4.80. The highest BCUT2D eigenvalue weighted by molar-refractivity contribution is 6.07. The van der Waals surface area contributed by atoms with E-state index in [1.807, 2.05) is 78.9 Å². The topological polar surface area (TPSA) is 63.1 Å². The van der Waals surface area contributed by atoms with Crippen LogP contribution >= 0.6 is 0 Å². The molecule has 3 aromatic carbocycles. The summed E-state index contributed by atoms with van der Waals surface area (Å²) in [7, 11) is 1.63. The van der Waals surface area contributed by atoms with Gasteiger partial charge in [0.15, 0.2) is 0 Å². The van der Waals surface area contributed by atoms with Crippen LogP contribution in [-0.2, 0) is 6.61 Å². The average Bonchev–Trinajstić information content (AvgIpc) is 3.14. The molecule has 0 saturated heterocycles. The number of hydrogen-bond acceptors (Lipinski definition) is 5. The van der Waals surface area contributed by atoms with Crippen LogP contribution in [0.5, 0.6) is 11.5 Å². The Morgan fingerprint density at radius 3 is 2.39 bits per heavy atom. The van der Waals surface area contributed by atoms with Crippen LogP contribution in [0.4, 0.5) is 0 Å². The second-order valence-electron chi connectivity index (χ2n) is 6.59. The van der Waals surface area contributed by atoms with Crippen LogP contribution < -0.4 is 14.9 Å². The van der Waals surface area contributed by atoms with Crippen molar-refractivity contribution in [1.82, 2.24) is 5.43 Å². The Hall–Kier alpha value is -3.31. The lowest BCUT2D eigenvalue weighted by Crippen LogP contribution is -2.27. The number of hydrogen-bond donors (Lipinski definition) is 2. The Morgan fingerprint density at radius 2 is 1.64 bits per heavy atom. The van der Waals surface area contributed by atoms with Gasteiger partial charge in [-0.3, -0.25) is 5.43 Å². The number of methoxy groups -OCH3 is 1. The second kappa shape index (κ2) is 8.15. The third-order valence-electron chi connectivity index (χ3n) is 4.80. The van der Waals surface area contributed by atoms with E-state index in [1.54, 1.807) is 7.11 Å². The molecule has 0 amide bonds. The molecule has 4 rings (SSSR count). The van der Waals surface area contributed by atoms with Crippen LogP contribution in [0.2, 0.25) is 0 Å². The molecule has 0 spiro atoms. The Labute approximate surface area is 164 Å². The molecule has 0 radical (unpaired) electrons. The zero-order valence-corrected chi connectivity index (χ0v) is 15.6. The number of ether oxygens (including phenoxy) is 2.